The number of nitrogens with one attached hydrogen (secondary N) is 3. The first-order valence-electron chi connectivity index (χ1n) is 10.1. The van der Waals surface area contributed by atoms with E-state index < -0.39 is 0 Å². The van der Waals surface area contributed by atoms with Crippen molar-refractivity contribution in [2.45, 2.75) is 45.4 Å². The number of rotatable bonds is 6. The molecular formula is C23H28N4O2. The molecule has 29 heavy (non-hydrogen) atoms. The van der Waals surface area contributed by atoms with Crippen LogP contribution in [0, 0.1) is 6.92 Å². The maximum atomic E-state index is 12.4. The number of hydrogen-bond donors (Lipinski definition) is 3. The molecule has 2 heterocycles. The molecule has 6 heteroatoms. The van der Waals surface area contributed by atoms with Gasteiger partial charge in [-0.05, 0) is 43.7 Å². The molecule has 0 saturated carbocycles. The number of carbonyl (C=O) groups excluding carboxylic acids is 1. The van der Waals surface area contributed by atoms with Gasteiger partial charge in [0.15, 0.2) is 0 Å². The van der Waals surface area contributed by atoms with E-state index in [0.29, 0.717) is 6.42 Å². The lowest BCUT2D eigenvalue weighted by atomic mass is 10.1. The van der Waals surface area contributed by atoms with Crippen molar-refractivity contribution in [1.82, 2.24) is 20.7 Å². The smallest absolute Gasteiger partial charge is 0.225 e. The monoisotopic (exact) mass is 392 g/mol. The summed E-state index contributed by atoms with van der Waals surface area (Å²) in [5.74, 6) is 0.880. The minimum Gasteiger partial charge on any atom is -0.497 e. The molecule has 0 radical (unpaired) electrons. The van der Waals surface area contributed by atoms with E-state index in [1.807, 2.05) is 37.3 Å². The zero-order valence-electron chi connectivity index (χ0n) is 17.2. The van der Waals surface area contributed by atoms with Gasteiger partial charge >= 0.3 is 0 Å². The van der Waals surface area contributed by atoms with Crippen molar-refractivity contribution in [2.75, 3.05) is 7.11 Å². The Hall–Kier alpha value is -2.83. The standard InChI is InChI=1S/C23H28N4O2/c1-4-27-20-10-9-18(29-3)12-17(20)13-21(27)19-14-22(26-25-19)24-23(28)11-16-7-5-15(2)6-8-16/h5-10,12-13,19,22,25-26H,4,11,14H2,1-3H3,(H,24,28). The molecule has 3 aromatic rings. The first-order valence-corrected chi connectivity index (χ1v) is 10.1. The van der Waals surface area contributed by atoms with Crippen LogP contribution in [0.1, 0.15) is 36.2 Å². The van der Waals surface area contributed by atoms with Crippen LogP contribution in [0.2, 0.25) is 0 Å². The number of hydrazine groups is 1. The predicted octanol–water partition coefficient (Wildman–Crippen LogP) is 3.20. The van der Waals surface area contributed by atoms with E-state index in [1.54, 1.807) is 7.11 Å². The van der Waals surface area contributed by atoms with Crippen LogP contribution in [0.25, 0.3) is 10.9 Å². The number of carbonyl (C=O) groups is 1. The van der Waals surface area contributed by atoms with Crippen molar-refractivity contribution < 1.29 is 9.53 Å². The first-order chi connectivity index (χ1) is 14.1. The lowest BCUT2D eigenvalue weighted by molar-refractivity contribution is -0.121. The molecule has 4 rings (SSSR count). The van der Waals surface area contributed by atoms with Crippen molar-refractivity contribution in [3.63, 3.8) is 0 Å². The third-order valence-corrected chi connectivity index (χ3v) is 5.54. The average molecular weight is 393 g/mol. The van der Waals surface area contributed by atoms with Gasteiger partial charge in [0.1, 0.15) is 5.75 Å². The van der Waals surface area contributed by atoms with Crippen LogP contribution in [0.15, 0.2) is 48.5 Å². The van der Waals surface area contributed by atoms with E-state index in [0.717, 1.165) is 29.7 Å². The van der Waals surface area contributed by atoms with Crippen molar-refractivity contribution >= 4 is 16.8 Å². The fourth-order valence-corrected chi connectivity index (χ4v) is 4.02. The topological polar surface area (TPSA) is 67.3 Å². The second kappa shape index (κ2) is 8.27. The van der Waals surface area contributed by atoms with Gasteiger partial charge in [0.25, 0.3) is 0 Å². The molecule has 1 aliphatic rings. The fraction of sp³-hybridized carbons (Fsp3) is 0.348. The molecule has 1 fully saturated rings. The van der Waals surface area contributed by atoms with Crippen molar-refractivity contribution in [3.8, 4) is 5.75 Å². The van der Waals surface area contributed by atoms with Crippen LogP contribution in [0.3, 0.4) is 0 Å². The van der Waals surface area contributed by atoms with E-state index in [-0.39, 0.29) is 18.1 Å². The van der Waals surface area contributed by atoms with Crippen LogP contribution >= 0.6 is 0 Å². The highest BCUT2D eigenvalue weighted by atomic mass is 16.5. The highest BCUT2D eigenvalue weighted by molar-refractivity contribution is 5.83. The maximum Gasteiger partial charge on any atom is 0.225 e. The van der Waals surface area contributed by atoms with Gasteiger partial charge in [-0.25, -0.2) is 10.9 Å². The lowest BCUT2D eigenvalue weighted by Gasteiger charge is -2.14. The molecule has 0 bridgehead atoms. The molecule has 1 amide bonds. The number of fused-ring (bicyclic) bond motifs is 1. The van der Waals surface area contributed by atoms with Crippen molar-refractivity contribution in [2.24, 2.45) is 0 Å². The van der Waals surface area contributed by atoms with Gasteiger partial charge in [0.05, 0.1) is 25.7 Å². The van der Waals surface area contributed by atoms with Gasteiger partial charge in [-0.1, -0.05) is 29.8 Å². The van der Waals surface area contributed by atoms with Crippen LogP contribution in [-0.2, 0) is 17.8 Å². The van der Waals surface area contributed by atoms with Gasteiger partial charge in [0, 0.05) is 29.6 Å². The Kier molecular flexibility index (Phi) is 5.56. The van der Waals surface area contributed by atoms with Gasteiger partial charge < -0.3 is 14.6 Å². The summed E-state index contributed by atoms with van der Waals surface area (Å²) in [6.07, 6.45) is 1.07. The van der Waals surface area contributed by atoms with Crippen LogP contribution in [0.4, 0.5) is 0 Å². The summed E-state index contributed by atoms with van der Waals surface area (Å²) in [5.41, 5.74) is 11.2. The third kappa shape index (κ3) is 4.13. The number of benzene rings is 2. The molecule has 0 aliphatic carbocycles. The average Bonchev–Trinajstić information content (AvgIpc) is 3.32. The first kappa shape index (κ1) is 19.5. The predicted molar refractivity (Wildman–Crippen MR) is 115 cm³/mol. The molecule has 1 saturated heterocycles. The highest BCUT2D eigenvalue weighted by Gasteiger charge is 2.28. The van der Waals surface area contributed by atoms with E-state index in [1.165, 1.54) is 16.8 Å². The van der Waals surface area contributed by atoms with E-state index in [4.69, 9.17) is 4.74 Å². The number of methoxy groups -OCH3 is 1. The molecule has 3 N–H and O–H groups in total. The van der Waals surface area contributed by atoms with Crippen LogP contribution in [0.5, 0.6) is 5.75 Å². The Morgan fingerprint density at radius 2 is 1.97 bits per heavy atom. The highest BCUT2D eigenvalue weighted by Crippen LogP contribution is 2.30. The fourth-order valence-electron chi connectivity index (χ4n) is 4.02. The molecule has 2 unspecified atom stereocenters. The quantitative estimate of drug-likeness (QED) is 0.603. The lowest BCUT2D eigenvalue weighted by Crippen LogP contribution is -2.44. The van der Waals surface area contributed by atoms with E-state index >= 15 is 0 Å². The molecular weight excluding hydrogens is 364 g/mol. The Bertz CT molecular complexity index is 1010. The second-order valence-corrected chi connectivity index (χ2v) is 7.60. The van der Waals surface area contributed by atoms with E-state index in [2.05, 4.69) is 45.9 Å². The molecule has 6 nitrogen and oxygen atoms in total. The summed E-state index contributed by atoms with van der Waals surface area (Å²) in [4.78, 5) is 12.4. The summed E-state index contributed by atoms with van der Waals surface area (Å²) in [5, 5.41) is 4.25. The maximum absolute atomic E-state index is 12.4. The van der Waals surface area contributed by atoms with Crippen LogP contribution in [-0.4, -0.2) is 23.7 Å². The number of hydrogen-bond acceptors (Lipinski definition) is 4. The second-order valence-electron chi connectivity index (χ2n) is 7.60. The summed E-state index contributed by atoms with van der Waals surface area (Å²) >= 11 is 0. The zero-order chi connectivity index (χ0) is 20.4. The Labute approximate surface area is 171 Å². The molecule has 1 aliphatic heterocycles. The van der Waals surface area contributed by atoms with E-state index in [9.17, 15) is 4.79 Å². The van der Waals surface area contributed by atoms with Crippen LogP contribution < -0.4 is 20.9 Å². The van der Waals surface area contributed by atoms with Gasteiger partial charge in [-0.15, -0.1) is 0 Å². The summed E-state index contributed by atoms with van der Waals surface area (Å²) in [6.45, 7) is 5.08. The number of amides is 1. The minimum absolute atomic E-state index is 0.0228. The Balaban J connectivity index is 1.44. The number of nitrogens with zero attached hydrogens (tertiary/aromatic N) is 1. The molecule has 152 valence electrons. The Morgan fingerprint density at radius 3 is 2.69 bits per heavy atom. The van der Waals surface area contributed by atoms with Gasteiger partial charge in [0.2, 0.25) is 5.91 Å². The van der Waals surface area contributed by atoms with Crippen molar-refractivity contribution in [1.29, 1.82) is 0 Å². The molecule has 0 spiro atoms. The minimum atomic E-state index is -0.101. The van der Waals surface area contributed by atoms with Crippen molar-refractivity contribution in [3.05, 3.63) is 65.4 Å². The molecule has 2 aromatic carbocycles. The number of aryl methyl sites for hydroxylation is 2. The Morgan fingerprint density at radius 1 is 1.17 bits per heavy atom. The summed E-state index contributed by atoms with van der Waals surface area (Å²) in [6, 6.07) is 16.6. The SMILES string of the molecule is CCn1c(C2CC(NC(=O)Cc3ccc(C)cc3)NN2)cc2cc(OC)ccc21. The largest absolute Gasteiger partial charge is 0.497 e. The molecule has 1 aromatic heterocycles. The number of ether oxygens (including phenoxy) is 1. The molecule has 2 atom stereocenters. The van der Waals surface area contributed by atoms with Gasteiger partial charge in [-0.2, -0.15) is 0 Å². The summed E-state index contributed by atoms with van der Waals surface area (Å²) < 4.78 is 7.67. The van der Waals surface area contributed by atoms with Gasteiger partial charge in [-0.3, -0.25) is 4.79 Å². The number of aromatic nitrogens is 1. The third-order valence-electron chi connectivity index (χ3n) is 5.54. The normalized spacial score (nSPS) is 18.9. The summed E-state index contributed by atoms with van der Waals surface area (Å²) in [7, 11) is 1.69. The zero-order valence-corrected chi connectivity index (χ0v) is 17.2.